The van der Waals surface area contributed by atoms with Crippen molar-refractivity contribution >= 4 is 12.0 Å². The molecule has 0 aromatic heterocycles. The third-order valence-corrected chi connectivity index (χ3v) is 3.91. The topological polar surface area (TPSA) is 70.1 Å². The summed E-state index contributed by atoms with van der Waals surface area (Å²) in [6.45, 7) is 0.481. The predicted octanol–water partition coefficient (Wildman–Crippen LogP) is 2.51. The van der Waals surface area contributed by atoms with E-state index in [4.69, 9.17) is 4.84 Å². The first kappa shape index (κ1) is 16.0. The minimum absolute atomic E-state index is 0.0325. The minimum Gasteiger partial charge on any atom is -0.465 e. The highest BCUT2D eigenvalue weighted by Crippen LogP contribution is 2.19. The number of carbonyl (C=O) groups excluding carboxylic acids is 1. The highest BCUT2D eigenvalue weighted by Gasteiger charge is 2.39. The zero-order chi connectivity index (χ0) is 16.9. The monoisotopic (exact) mass is 326 g/mol. The molecule has 2 aromatic rings. The zero-order valence-electron chi connectivity index (χ0n) is 13.0. The highest BCUT2D eigenvalue weighted by molar-refractivity contribution is 5.86. The van der Waals surface area contributed by atoms with Crippen molar-refractivity contribution in [3.8, 4) is 0 Å². The van der Waals surface area contributed by atoms with Gasteiger partial charge in [0.05, 0.1) is 6.54 Å². The zero-order valence-corrected chi connectivity index (χ0v) is 13.0. The molecule has 1 saturated heterocycles. The number of hydrogen-bond donors (Lipinski definition) is 1. The van der Waals surface area contributed by atoms with E-state index < -0.39 is 12.1 Å². The van der Waals surface area contributed by atoms with Gasteiger partial charge in [0, 0.05) is 6.54 Å². The Morgan fingerprint density at radius 3 is 2.25 bits per heavy atom. The normalized spacial score (nSPS) is 17.1. The quantitative estimate of drug-likeness (QED) is 0.916. The third-order valence-electron chi connectivity index (χ3n) is 3.91. The molecule has 0 aliphatic carbocycles. The largest absolute Gasteiger partial charge is 0.465 e. The molecule has 24 heavy (non-hydrogen) atoms. The predicted molar refractivity (Wildman–Crippen MR) is 86.7 cm³/mol. The molecule has 0 radical (unpaired) electrons. The number of carbonyl (C=O) groups is 2. The maximum atomic E-state index is 12.5. The highest BCUT2D eigenvalue weighted by atomic mass is 16.7. The van der Waals surface area contributed by atoms with E-state index in [1.807, 2.05) is 60.7 Å². The van der Waals surface area contributed by atoms with Crippen LogP contribution in [0.25, 0.3) is 0 Å². The van der Waals surface area contributed by atoms with Gasteiger partial charge in [-0.15, -0.1) is 0 Å². The Bertz CT molecular complexity index is 705. The lowest BCUT2D eigenvalue weighted by Crippen LogP contribution is -2.45. The van der Waals surface area contributed by atoms with Crippen LogP contribution in [0.2, 0.25) is 0 Å². The molecule has 1 unspecified atom stereocenters. The molecule has 1 N–H and O–H groups in total. The second kappa shape index (κ2) is 7.14. The Balaban J connectivity index is 1.70. The number of hydrogen-bond acceptors (Lipinski definition) is 3. The SMILES string of the molecule is O=C1C(N(Cc2ccccc2)C(=O)O)CON1Cc1ccccc1. The van der Waals surface area contributed by atoms with Gasteiger partial charge in [0.15, 0.2) is 0 Å². The van der Waals surface area contributed by atoms with Crippen LogP contribution in [0.1, 0.15) is 11.1 Å². The molecule has 1 heterocycles. The van der Waals surface area contributed by atoms with Crippen molar-refractivity contribution in [1.29, 1.82) is 0 Å². The van der Waals surface area contributed by atoms with Crippen LogP contribution in [-0.4, -0.2) is 39.7 Å². The maximum absolute atomic E-state index is 12.5. The average Bonchev–Trinajstić information content (AvgIpc) is 2.95. The Kier molecular flexibility index (Phi) is 4.77. The van der Waals surface area contributed by atoms with Gasteiger partial charge in [-0.25, -0.2) is 9.86 Å². The first-order valence-corrected chi connectivity index (χ1v) is 7.67. The van der Waals surface area contributed by atoms with E-state index in [1.165, 1.54) is 5.06 Å². The molecule has 0 spiro atoms. The number of hydroxylamine groups is 2. The summed E-state index contributed by atoms with van der Waals surface area (Å²) >= 11 is 0. The van der Waals surface area contributed by atoms with E-state index in [9.17, 15) is 14.7 Å². The van der Waals surface area contributed by atoms with Crippen molar-refractivity contribution in [1.82, 2.24) is 9.96 Å². The Hall–Kier alpha value is -2.86. The fourth-order valence-corrected chi connectivity index (χ4v) is 2.65. The van der Waals surface area contributed by atoms with E-state index in [0.29, 0.717) is 6.54 Å². The van der Waals surface area contributed by atoms with Crippen molar-refractivity contribution < 1.29 is 19.5 Å². The van der Waals surface area contributed by atoms with Gasteiger partial charge >= 0.3 is 6.09 Å². The second-order valence-electron chi connectivity index (χ2n) is 5.57. The van der Waals surface area contributed by atoms with Crippen LogP contribution in [0.15, 0.2) is 60.7 Å². The maximum Gasteiger partial charge on any atom is 0.408 e. The van der Waals surface area contributed by atoms with Gasteiger partial charge in [-0.2, -0.15) is 0 Å². The number of amides is 2. The van der Waals surface area contributed by atoms with Crippen molar-refractivity contribution in [2.75, 3.05) is 6.61 Å². The van der Waals surface area contributed by atoms with Crippen molar-refractivity contribution in [3.63, 3.8) is 0 Å². The molecule has 1 aliphatic heterocycles. The molecule has 0 bridgehead atoms. The van der Waals surface area contributed by atoms with Crippen LogP contribution in [-0.2, 0) is 22.7 Å². The van der Waals surface area contributed by atoms with Crippen LogP contribution in [0.4, 0.5) is 4.79 Å². The first-order chi connectivity index (χ1) is 11.6. The lowest BCUT2D eigenvalue weighted by molar-refractivity contribution is -0.164. The number of carboxylic acid groups (broad SMARTS) is 1. The summed E-state index contributed by atoms with van der Waals surface area (Å²) < 4.78 is 0. The Morgan fingerprint density at radius 2 is 1.67 bits per heavy atom. The number of nitrogens with zero attached hydrogens (tertiary/aromatic N) is 2. The van der Waals surface area contributed by atoms with E-state index in [-0.39, 0.29) is 19.1 Å². The summed E-state index contributed by atoms with van der Waals surface area (Å²) in [5, 5.41) is 10.7. The average molecular weight is 326 g/mol. The van der Waals surface area contributed by atoms with Gasteiger partial charge in [-0.1, -0.05) is 60.7 Å². The Labute approximate surface area is 139 Å². The lowest BCUT2D eigenvalue weighted by Gasteiger charge is -2.23. The molecule has 0 saturated carbocycles. The van der Waals surface area contributed by atoms with Gasteiger partial charge in [0.2, 0.25) is 0 Å². The molecule has 2 aromatic carbocycles. The smallest absolute Gasteiger partial charge is 0.408 e. The summed E-state index contributed by atoms with van der Waals surface area (Å²) in [5.41, 5.74) is 1.76. The van der Waals surface area contributed by atoms with Gasteiger partial charge in [0.1, 0.15) is 12.6 Å². The molecule has 1 atom stereocenters. The molecular formula is C18H18N2O4. The molecule has 2 amide bonds. The summed E-state index contributed by atoms with van der Waals surface area (Å²) in [5.74, 6) is -0.336. The van der Waals surface area contributed by atoms with Crippen LogP contribution in [0.3, 0.4) is 0 Å². The minimum atomic E-state index is -1.14. The van der Waals surface area contributed by atoms with Crippen LogP contribution >= 0.6 is 0 Å². The van der Waals surface area contributed by atoms with E-state index in [1.54, 1.807) is 0 Å². The summed E-state index contributed by atoms with van der Waals surface area (Å²) in [7, 11) is 0. The van der Waals surface area contributed by atoms with E-state index in [0.717, 1.165) is 16.0 Å². The van der Waals surface area contributed by atoms with Crippen LogP contribution in [0.5, 0.6) is 0 Å². The number of rotatable bonds is 5. The first-order valence-electron chi connectivity index (χ1n) is 7.67. The fourth-order valence-electron chi connectivity index (χ4n) is 2.65. The van der Waals surface area contributed by atoms with Crippen molar-refractivity contribution in [3.05, 3.63) is 71.8 Å². The molecule has 1 fully saturated rings. The lowest BCUT2D eigenvalue weighted by atomic mass is 10.1. The summed E-state index contributed by atoms with van der Waals surface area (Å²) in [6.07, 6.45) is -1.14. The molecule has 3 rings (SSSR count). The van der Waals surface area contributed by atoms with E-state index >= 15 is 0 Å². The molecule has 1 aliphatic rings. The fraction of sp³-hybridized carbons (Fsp3) is 0.222. The van der Waals surface area contributed by atoms with Crippen LogP contribution < -0.4 is 0 Å². The van der Waals surface area contributed by atoms with Crippen molar-refractivity contribution in [2.24, 2.45) is 0 Å². The summed E-state index contributed by atoms with van der Waals surface area (Å²) in [6, 6.07) is 17.8. The molecule has 6 nitrogen and oxygen atoms in total. The summed E-state index contributed by atoms with van der Waals surface area (Å²) in [4.78, 5) is 30.7. The van der Waals surface area contributed by atoms with Crippen LogP contribution in [0, 0.1) is 0 Å². The number of benzene rings is 2. The standard InChI is InChI=1S/C18H18N2O4/c21-17-16(13-24-20(17)12-15-9-5-2-6-10-15)19(18(22)23)11-14-7-3-1-4-8-14/h1-10,16H,11-13H2,(H,22,23). The van der Waals surface area contributed by atoms with Gasteiger partial charge in [0.25, 0.3) is 5.91 Å². The van der Waals surface area contributed by atoms with Gasteiger partial charge < -0.3 is 5.11 Å². The third kappa shape index (κ3) is 3.55. The van der Waals surface area contributed by atoms with Gasteiger partial charge in [-0.05, 0) is 11.1 Å². The van der Waals surface area contributed by atoms with Crippen molar-refractivity contribution in [2.45, 2.75) is 19.1 Å². The second-order valence-corrected chi connectivity index (χ2v) is 5.57. The van der Waals surface area contributed by atoms with Gasteiger partial charge in [-0.3, -0.25) is 14.5 Å². The Morgan fingerprint density at radius 1 is 1.08 bits per heavy atom. The molecular weight excluding hydrogens is 308 g/mol. The van der Waals surface area contributed by atoms with E-state index in [2.05, 4.69) is 0 Å². The molecule has 6 heteroatoms. The molecule has 124 valence electrons.